The van der Waals surface area contributed by atoms with Crippen molar-refractivity contribution in [3.05, 3.63) is 30.0 Å². The second-order valence-corrected chi connectivity index (χ2v) is 3.60. The third kappa shape index (κ3) is 2.57. The number of hydrogen-bond acceptors (Lipinski definition) is 3. The van der Waals surface area contributed by atoms with E-state index in [-0.39, 0.29) is 5.69 Å². The van der Waals surface area contributed by atoms with Crippen LogP contribution in [0.3, 0.4) is 0 Å². The Morgan fingerprint density at radius 1 is 1.35 bits per heavy atom. The first-order valence-electron chi connectivity index (χ1n) is 5.21. The lowest BCUT2D eigenvalue weighted by atomic mass is 10.2. The zero-order valence-corrected chi connectivity index (χ0v) is 9.45. The maximum Gasteiger partial charge on any atom is 0.286 e. The van der Waals surface area contributed by atoms with Crippen LogP contribution in [0.4, 0.5) is 0 Å². The molecule has 0 saturated heterocycles. The van der Waals surface area contributed by atoms with E-state index in [4.69, 9.17) is 15.2 Å². The van der Waals surface area contributed by atoms with Gasteiger partial charge in [-0.3, -0.25) is 10.5 Å². The number of hydrogen-bond donors (Lipinski definition) is 1. The van der Waals surface area contributed by atoms with Crippen molar-refractivity contribution in [2.45, 2.75) is 0 Å². The van der Waals surface area contributed by atoms with Gasteiger partial charge in [-0.15, -0.1) is 0 Å². The standard InChI is InChI=1S/C12H13N2O3/c1-16-4-5-17-9-2-3-10-8(6-9)7-11(14-10)12(13)15/h2-3,6-7,13-14H,4-5H2,1H3. The molecule has 5 heteroatoms. The van der Waals surface area contributed by atoms with Gasteiger partial charge in [-0.05, 0) is 24.3 Å². The van der Waals surface area contributed by atoms with Crippen LogP contribution in [0, 0.1) is 0 Å². The highest BCUT2D eigenvalue weighted by Gasteiger charge is 2.06. The third-order valence-electron chi connectivity index (χ3n) is 2.39. The Hall–Kier alpha value is -2.01. The van der Waals surface area contributed by atoms with Crippen LogP contribution in [0.1, 0.15) is 10.5 Å². The van der Waals surface area contributed by atoms with Gasteiger partial charge < -0.3 is 14.5 Å². The Kier molecular flexibility index (Phi) is 3.30. The minimum absolute atomic E-state index is 0.286. The number of carbonyl (C=O) groups is 1. The summed E-state index contributed by atoms with van der Waals surface area (Å²) in [5.41, 5.74) is 8.13. The summed E-state index contributed by atoms with van der Waals surface area (Å²) in [5, 5.41) is 0.857. The summed E-state index contributed by atoms with van der Waals surface area (Å²) in [6, 6.07) is 7.11. The fraction of sp³-hybridized carbons (Fsp3) is 0.250. The lowest BCUT2D eigenvalue weighted by molar-refractivity contribution is 0.0988. The van der Waals surface area contributed by atoms with Gasteiger partial charge in [-0.1, -0.05) is 0 Å². The number of ether oxygens (including phenoxy) is 2. The van der Waals surface area contributed by atoms with Crippen molar-refractivity contribution in [2.24, 2.45) is 0 Å². The molecule has 0 bridgehead atoms. The molecular weight excluding hydrogens is 220 g/mol. The molecule has 1 amide bonds. The van der Waals surface area contributed by atoms with Gasteiger partial charge in [-0.2, -0.15) is 0 Å². The molecule has 0 aliphatic rings. The maximum atomic E-state index is 10.9. The molecule has 1 aromatic carbocycles. The van der Waals surface area contributed by atoms with Crippen LogP contribution in [0.15, 0.2) is 24.3 Å². The minimum Gasteiger partial charge on any atom is -0.491 e. The number of rotatable bonds is 5. The van der Waals surface area contributed by atoms with E-state index in [1.54, 1.807) is 13.2 Å². The predicted octanol–water partition coefficient (Wildman–Crippen LogP) is 1.62. The monoisotopic (exact) mass is 233 g/mol. The molecule has 2 aromatic rings. The third-order valence-corrected chi connectivity index (χ3v) is 2.39. The molecule has 0 unspecified atom stereocenters. The lowest BCUT2D eigenvalue weighted by Crippen LogP contribution is -2.03. The number of fused-ring (bicyclic) bond motifs is 1. The summed E-state index contributed by atoms with van der Waals surface area (Å²) in [6.07, 6.45) is 0. The highest BCUT2D eigenvalue weighted by molar-refractivity contribution is 5.96. The fourth-order valence-corrected chi connectivity index (χ4v) is 1.57. The number of H-pyrrole nitrogens is 1. The van der Waals surface area contributed by atoms with Crippen molar-refractivity contribution >= 4 is 16.8 Å². The molecule has 2 rings (SSSR count). The molecule has 5 nitrogen and oxygen atoms in total. The molecule has 0 atom stereocenters. The van der Waals surface area contributed by atoms with Crippen molar-refractivity contribution < 1.29 is 14.3 Å². The number of methoxy groups -OCH3 is 1. The molecule has 0 saturated carbocycles. The molecule has 89 valence electrons. The molecule has 0 aliphatic heterocycles. The van der Waals surface area contributed by atoms with Crippen molar-refractivity contribution in [1.82, 2.24) is 10.7 Å². The van der Waals surface area contributed by atoms with Crippen LogP contribution in [0.5, 0.6) is 5.75 Å². The summed E-state index contributed by atoms with van der Waals surface area (Å²) >= 11 is 0. The molecular formula is C12H13N2O3. The zero-order chi connectivity index (χ0) is 12.3. The first-order valence-corrected chi connectivity index (χ1v) is 5.21. The van der Waals surface area contributed by atoms with Crippen molar-refractivity contribution in [2.75, 3.05) is 20.3 Å². The van der Waals surface area contributed by atoms with E-state index in [0.29, 0.717) is 13.2 Å². The number of carbonyl (C=O) groups excluding carboxylic acids is 1. The van der Waals surface area contributed by atoms with E-state index in [0.717, 1.165) is 16.7 Å². The fourth-order valence-electron chi connectivity index (χ4n) is 1.57. The first-order chi connectivity index (χ1) is 8.20. The minimum atomic E-state index is -0.719. The molecule has 1 radical (unpaired) electrons. The van der Waals surface area contributed by atoms with Gasteiger partial charge >= 0.3 is 0 Å². The second-order valence-electron chi connectivity index (χ2n) is 3.60. The summed E-state index contributed by atoms with van der Waals surface area (Å²) in [4.78, 5) is 13.8. The Bertz CT molecular complexity index is 534. The summed E-state index contributed by atoms with van der Waals surface area (Å²) in [6.45, 7) is 1.01. The Balaban J connectivity index is 2.21. The number of benzene rings is 1. The van der Waals surface area contributed by atoms with E-state index in [9.17, 15) is 4.79 Å². The van der Waals surface area contributed by atoms with Crippen LogP contribution < -0.4 is 10.5 Å². The quantitative estimate of drug-likeness (QED) is 0.797. The Morgan fingerprint density at radius 3 is 2.88 bits per heavy atom. The smallest absolute Gasteiger partial charge is 0.286 e. The van der Waals surface area contributed by atoms with E-state index < -0.39 is 5.91 Å². The van der Waals surface area contributed by atoms with Gasteiger partial charge in [0.1, 0.15) is 18.1 Å². The normalized spacial score (nSPS) is 10.6. The van der Waals surface area contributed by atoms with Crippen molar-refractivity contribution in [3.8, 4) is 5.75 Å². The average molecular weight is 233 g/mol. The van der Waals surface area contributed by atoms with Crippen LogP contribution >= 0.6 is 0 Å². The predicted molar refractivity (Wildman–Crippen MR) is 63.1 cm³/mol. The van der Waals surface area contributed by atoms with Crippen LogP contribution in [-0.4, -0.2) is 31.2 Å². The van der Waals surface area contributed by atoms with Gasteiger partial charge in [-0.25, -0.2) is 0 Å². The maximum absolute atomic E-state index is 10.9. The van der Waals surface area contributed by atoms with Crippen LogP contribution in [0.2, 0.25) is 0 Å². The number of aromatic amines is 1. The molecule has 0 aliphatic carbocycles. The molecule has 1 aromatic heterocycles. The molecule has 17 heavy (non-hydrogen) atoms. The summed E-state index contributed by atoms with van der Waals surface area (Å²) in [5.74, 6) is 0.000538. The van der Waals surface area contributed by atoms with Gasteiger partial charge in [0.2, 0.25) is 0 Å². The number of nitrogens with one attached hydrogen (secondary N) is 2. The molecule has 2 N–H and O–H groups in total. The van der Waals surface area contributed by atoms with E-state index in [2.05, 4.69) is 4.98 Å². The highest BCUT2D eigenvalue weighted by Crippen LogP contribution is 2.21. The molecule has 0 spiro atoms. The van der Waals surface area contributed by atoms with Crippen molar-refractivity contribution in [3.63, 3.8) is 0 Å². The first kappa shape index (κ1) is 11.5. The number of amides is 1. The largest absolute Gasteiger partial charge is 0.491 e. The van der Waals surface area contributed by atoms with E-state index >= 15 is 0 Å². The van der Waals surface area contributed by atoms with E-state index in [1.807, 2.05) is 18.2 Å². The van der Waals surface area contributed by atoms with Gasteiger partial charge in [0, 0.05) is 18.0 Å². The van der Waals surface area contributed by atoms with E-state index in [1.165, 1.54) is 0 Å². The Morgan fingerprint density at radius 2 is 2.18 bits per heavy atom. The molecule has 1 heterocycles. The van der Waals surface area contributed by atoms with Crippen molar-refractivity contribution in [1.29, 1.82) is 0 Å². The number of aromatic nitrogens is 1. The van der Waals surface area contributed by atoms with Crippen LogP contribution in [-0.2, 0) is 4.74 Å². The van der Waals surface area contributed by atoms with Gasteiger partial charge in [0.05, 0.1) is 6.61 Å². The average Bonchev–Trinajstić information content (AvgIpc) is 2.72. The SMILES string of the molecule is COCCOc1ccc2[nH]c(C([NH])=O)cc2c1. The Labute approximate surface area is 98.5 Å². The zero-order valence-electron chi connectivity index (χ0n) is 9.45. The molecule has 0 fully saturated rings. The second kappa shape index (κ2) is 4.88. The topological polar surface area (TPSA) is 75.1 Å². The van der Waals surface area contributed by atoms with Gasteiger partial charge in [0.25, 0.3) is 5.91 Å². The van der Waals surface area contributed by atoms with Crippen LogP contribution in [0.25, 0.3) is 10.9 Å². The highest BCUT2D eigenvalue weighted by atomic mass is 16.5. The summed E-state index contributed by atoms with van der Waals surface area (Å²) < 4.78 is 10.3. The lowest BCUT2D eigenvalue weighted by Gasteiger charge is -2.04. The van der Waals surface area contributed by atoms with Gasteiger partial charge in [0.15, 0.2) is 0 Å². The summed E-state index contributed by atoms with van der Waals surface area (Å²) in [7, 11) is 1.62.